The zero-order chi connectivity index (χ0) is 15.3. The molecule has 1 atom stereocenters. The van der Waals surface area contributed by atoms with Gasteiger partial charge in [-0.05, 0) is 13.3 Å². The van der Waals surface area contributed by atoms with Crippen molar-refractivity contribution in [3.8, 4) is 5.75 Å². The maximum Gasteiger partial charge on any atom is 0.321 e. The number of nitrogens with one attached hydrogen (secondary N) is 1. The van der Waals surface area contributed by atoms with Gasteiger partial charge in [0.2, 0.25) is 0 Å². The predicted octanol–water partition coefficient (Wildman–Crippen LogP) is 2.21. The van der Waals surface area contributed by atoms with E-state index in [-0.39, 0.29) is 11.4 Å². The molecule has 0 saturated heterocycles. The van der Waals surface area contributed by atoms with Gasteiger partial charge in [0.1, 0.15) is 0 Å². The molecular weight excluding hydrogens is 270 g/mol. The van der Waals surface area contributed by atoms with E-state index in [1.165, 1.54) is 19.1 Å². The van der Waals surface area contributed by atoms with Crippen LogP contribution in [0, 0.1) is 11.6 Å². The van der Waals surface area contributed by atoms with Crippen molar-refractivity contribution in [3.63, 3.8) is 0 Å². The number of aliphatic hydroxyl groups is 1. The molecule has 2 amide bonds. The second kappa shape index (κ2) is 7.04. The molecular formula is C13H18F2N2O3. The highest BCUT2D eigenvalue weighted by atomic mass is 19.1. The van der Waals surface area contributed by atoms with Crippen LogP contribution in [0.4, 0.5) is 19.3 Å². The SMILES string of the molecule is COc1cc(F)c(NC(=O)N(C)CCC(C)O)cc1F. The number of carbonyl (C=O) groups excluding carboxylic acids is 1. The number of urea groups is 1. The number of halogens is 2. The van der Waals surface area contributed by atoms with Gasteiger partial charge in [0.05, 0.1) is 18.9 Å². The summed E-state index contributed by atoms with van der Waals surface area (Å²) in [5.41, 5.74) is -0.266. The molecule has 0 aliphatic carbocycles. The quantitative estimate of drug-likeness (QED) is 0.873. The predicted molar refractivity (Wildman–Crippen MR) is 70.9 cm³/mol. The molecule has 20 heavy (non-hydrogen) atoms. The van der Waals surface area contributed by atoms with E-state index in [2.05, 4.69) is 10.1 Å². The Labute approximate surface area is 116 Å². The average molecular weight is 288 g/mol. The first-order valence-corrected chi connectivity index (χ1v) is 6.08. The van der Waals surface area contributed by atoms with Crippen molar-refractivity contribution in [3.05, 3.63) is 23.8 Å². The summed E-state index contributed by atoms with van der Waals surface area (Å²) in [6.07, 6.45) is -0.149. The Hall–Kier alpha value is -1.89. The van der Waals surface area contributed by atoms with Crippen LogP contribution in [0.15, 0.2) is 12.1 Å². The molecule has 1 unspecified atom stereocenters. The largest absolute Gasteiger partial charge is 0.494 e. The molecule has 0 spiro atoms. The third-order valence-corrected chi connectivity index (χ3v) is 2.71. The monoisotopic (exact) mass is 288 g/mol. The number of nitrogens with zero attached hydrogens (tertiary/aromatic N) is 1. The Morgan fingerprint density at radius 1 is 1.45 bits per heavy atom. The van der Waals surface area contributed by atoms with Crippen LogP contribution in [0.2, 0.25) is 0 Å². The third-order valence-electron chi connectivity index (χ3n) is 2.71. The normalized spacial score (nSPS) is 11.9. The molecule has 0 heterocycles. The van der Waals surface area contributed by atoms with Gasteiger partial charge in [0, 0.05) is 25.7 Å². The number of amides is 2. The van der Waals surface area contributed by atoms with Crippen molar-refractivity contribution in [2.75, 3.05) is 26.0 Å². The number of carbonyl (C=O) groups is 1. The molecule has 112 valence electrons. The lowest BCUT2D eigenvalue weighted by molar-refractivity contribution is 0.167. The van der Waals surface area contributed by atoms with Crippen LogP contribution in [0.3, 0.4) is 0 Å². The highest BCUT2D eigenvalue weighted by Crippen LogP contribution is 2.24. The van der Waals surface area contributed by atoms with Crippen LogP contribution >= 0.6 is 0 Å². The van der Waals surface area contributed by atoms with Crippen molar-refractivity contribution in [1.29, 1.82) is 0 Å². The van der Waals surface area contributed by atoms with Crippen LogP contribution < -0.4 is 10.1 Å². The Kier molecular flexibility index (Phi) is 5.69. The van der Waals surface area contributed by atoms with E-state index in [4.69, 9.17) is 5.11 Å². The van der Waals surface area contributed by atoms with Crippen molar-refractivity contribution in [2.45, 2.75) is 19.4 Å². The van der Waals surface area contributed by atoms with Crippen LogP contribution in [-0.4, -0.2) is 42.8 Å². The van der Waals surface area contributed by atoms with E-state index >= 15 is 0 Å². The average Bonchev–Trinajstić information content (AvgIpc) is 2.39. The van der Waals surface area contributed by atoms with Crippen LogP contribution in [-0.2, 0) is 0 Å². The van der Waals surface area contributed by atoms with Crippen molar-refractivity contribution in [1.82, 2.24) is 4.90 Å². The van der Waals surface area contributed by atoms with Crippen molar-refractivity contribution >= 4 is 11.7 Å². The summed E-state index contributed by atoms with van der Waals surface area (Å²) in [4.78, 5) is 13.0. The minimum atomic E-state index is -0.791. The lowest BCUT2D eigenvalue weighted by Gasteiger charge is -2.19. The molecule has 0 aromatic heterocycles. The zero-order valence-electron chi connectivity index (χ0n) is 11.6. The van der Waals surface area contributed by atoms with E-state index in [1.54, 1.807) is 6.92 Å². The van der Waals surface area contributed by atoms with E-state index in [0.717, 1.165) is 12.1 Å². The lowest BCUT2D eigenvalue weighted by Crippen LogP contribution is -2.33. The van der Waals surface area contributed by atoms with Gasteiger partial charge in [-0.3, -0.25) is 0 Å². The van der Waals surface area contributed by atoms with Gasteiger partial charge in [0.25, 0.3) is 0 Å². The summed E-state index contributed by atoms with van der Waals surface area (Å²) < 4.78 is 31.7. The van der Waals surface area contributed by atoms with Gasteiger partial charge >= 0.3 is 6.03 Å². The molecule has 1 aromatic rings. The Morgan fingerprint density at radius 2 is 2.10 bits per heavy atom. The number of rotatable bonds is 5. The maximum absolute atomic E-state index is 13.6. The van der Waals surface area contributed by atoms with E-state index in [9.17, 15) is 13.6 Å². The number of aliphatic hydroxyl groups excluding tert-OH is 1. The Balaban J connectivity index is 2.73. The summed E-state index contributed by atoms with van der Waals surface area (Å²) in [5, 5.41) is 11.4. The number of benzene rings is 1. The Bertz CT molecular complexity index is 481. The van der Waals surface area contributed by atoms with Gasteiger partial charge in [-0.25, -0.2) is 13.6 Å². The van der Waals surface area contributed by atoms with Crippen molar-refractivity contribution < 1.29 is 23.4 Å². The highest BCUT2D eigenvalue weighted by Gasteiger charge is 2.15. The first kappa shape index (κ1) is 16.2. The molecule has 0 fully saturated rings. The van der Waals surface area contributed by atoms with Gasteiger partial charge in [-0.2, -0.15) is 0 Å². The standard InChI is InChI=1S/C13H18F2N2O3/c1-8(18)4-5-17(2)13(19)16-11-6-10(15)12(20-3)7-9(11)14/h6-8,18H,4-5H2,1-3H3,(H,16,19). The number of methoxy groups -OCH3 is 1. The molecule has 0 radical (unpaired) electrons. The van der Waals surface area contributed by atoms with E-state index in [0.29, 0.717) is 13.0 Å². The van der Waals surface area contributed by atoms with E-state index in [1.807, 2.05) is 0 Å². The molecule has 0 saturated carbocycles. The topological polar surface area (TPSA) is 61.8 Å². The number of hydrogen-bond acceptors (Lipinski definition) is 3. The Morgan fingerprint density at radius 3 is 2.65 bits per heavy atom. The van der Waals surface area contributed by atoms with Crippen LogP contribution in [0.1, 0.15) is 13.3 Å². The van der Waals surface area contributed by atoms with E-state index < -0.39 is 23.8 Å². The molecule has 2 N–H and O–H groups in total. The second-order valence-electron chi connectivity index (χ2n) is 4.46. The molecule has 7 heteroatoms. The number of ether oxygens (including phenoxy) is 1. The maximum atomic E-state index is 13.6. The second-order valence-corrected chi connectivity index (χ2v) is 4.46. The summed E-state index contributed by atoms with van der Waals surface area (Å²) in [6, 6.07) is 1.13. The molecule has 5 nitrogen and oxygen atoms in total. The molecule has 1 aromatic carbocycles. The van der Waals surface area contributed by atoms with Gasteiger partial charge < -0.3 is 20.1 Å². The minimum absolute atomic E-state index is 0.233. The van der Waals surface area contributed by atoms with Gasteiger partial charge in [-0.15, -0.1) is 0 Å². The summed E-state index contributed by atoms with van der Waals surface area (Å²) in [5.74, 6) is -1.79. The molecule has 0 bridgehead atoms. The minimum Gasteiger partial charge on any atom is -0.494 e. The van der Waals surface area contributed by atoms with Gasteiger partial charge in [-0.1, -0.05) is 0 Å². The van der Waals surface area contributed by atoms with Crippen LogP contribution in [0.5, 0.6) is 5.75 Å². The lowest BCUT2D eigenvalue weighted by atomic mass is 10.2. The molecule has 0 aliphatic rings. The molecule has 0 aliphatic heterocycles. The first-order valence-electron chi connectivity index (χ1n) is 6.08. The van der Waals surface area contributed by atoms with Gasteiger partial charge in [0.15, 0.2) is 17.4 Å². The van der Waals surface area contributed by atoms with Crippen molar-refractivity contribution in [2.24, 2.45) is 0 Å². The number of hydrogen-bond donors (Lipinski definition) is 2. The number of anilines is 1. The fourth-order valence-corrected chi connectivity index (χ4v) is 1.47. The fraction of sp³-hybridized carbons (Fsp3) is 0.462. The summed E-state index contributed by atoms with van der Waals surface area (Å²) >= 11 is 0. The zero-order valence-corrected chi connectivity index (χ0v) is 11.6. The van der Waals surface area contributed by atoms with Crippen LogP contribution in [0.25, 0.3) is 0 Å². The third kappa shape index (κ3) is 4.34. The smallest absolute Gasteiger partial charge is 0.321 e. The fourth-order valence-electron chi connectivity index (χ4n) is 1.47. The summed E-state index contributed by atoms with van der Waals surface area (Å²) in [7, 11) is 2.72. The highest BCUT2D eigenvalue weighted by molar-refractivity contribution is 5.89. The first-order chi connectivity index (χ1) is 9.35. The summed E-state index contributed by atoms with van der Waals surface area (Å²) in [6.45, 7) is 1.90. The molecule has 1 rings (SSSR count).